The lowest BCUT2D eigenvalue weighted by Crippen LogP contribution is -2.59. The van der Waals surface area contributed by atoms with Gasteiger partial charge in [0.1, 0.15) is 17.8 Å². The molecule has 1 aromatic carbocycles. The van der Waals surface area contributed by atoms with Crippen molar-refractivity contribution in [3.8, 4) is 0 Å². The van der Waals surface area contributed by atoms with Crippen LogP contribution in [0.2, 0.25) is 0 Å². The molecule has 1 aliphatic carbocycles. The molecule has 1 aliphatic heterocycles. The number of aromatic nitrogens is 1. The van der Waals surface area contributed by atoms with E-state index in [4.69, 9.17) is 19.3 Å². The van der Waals surface area contributed by atoms with E-state index in [2.05, 4.69) is 5.32 Å². The standard InChI is InChI=1S/C34H49F2N5O9/c1-23(38(2)34(46)47)31(43)37-30(24-6-4-3-5-7-24)33(45)40-10-8-39(9-11-40)32(44)29-21-25-20-26(35)27(36)22-28(25)41(29)12-14-48-16-18-50-19-17-49-15-13-42/h20-24,30,42H,3-19H2,1-2H3,(H,37,43)(H,46,47). The Bertz CT molecular complexity index is 1460. The molecule has 2 aliphatic rings. The maximum Gasteiger partial charge on any atom is 0.407 e. The molecule has 2 fully saturated rings. The van der Waals surface area contributed by atoms with Crippen LogP contribution in [-0.2, 0) is 30.3 Å². The Balaban J connectivity index is 1.39. The van der Waals surface area contributed by atoms with Crippen LogP contribution in [0.4, 0.5) is 13.6 Å². The van der Waals surface area contributed by atoms with Gasteiger partial charge in [0.15, 0.2) is 11.6 Å². The summed E-state index contributed by atoms with van der Waals surface area (Å²) in [6, 6.07) is 1.83. The predicted molar refractivity (Wildman–Crippen MR) is 178 cm³/mol. The monoisotopic (exact) mass is 709 g/mol. The second-order valence-electron chi connectivity index (χ2n) is 12.6. The number of amides is 4. The molecule has 1 saturated carbocycles. The summed E-state index contributed by atoms with van der Waals surface area (Å²) in [7, 11) is 1.30. The van der Waals surface area contributed by atoms with Gasteiger partial charge < -0.3 is 44.1 Å². The van der Waals surface area contributed by atoms with E-state index in [0.717, 1.165) is 49.1 Å². The van der Waals surface area contributed by atoms with Crippen LogP contribution in [0.1, 0.15) is 49.5 Å². The lowest BCUT2D eigenvalue weighted by molar-refractivity contribution is -0.140. The summed E-state index contributed by atoms with van der Waals surface area (Å²) < 4.78 is 46.3. The fraction of sp³-hybridized carbons (Fsp3) is 0.647. The van der Waals surface area contributed by atoms with Crippen LogP contribution in [0, 0.1) is 17.6 Å². The van der Waals surface area contributed by atoms with E-state index in [1.807, 2.05) is 0 Å². The lowest BCUT2D eigenvalue weighted by atomic mass is 9.83. The normalized spacial score (nSPS) is 16.7. The van der Waals surface area contributed by atoms with E-state index in [0.29, 0.717) is 30.7 Å². The number of fused-ring (bicyclic) bond motifs is 1. The van der Waals surface area contributed by atoms with Crippen LogP contribution < -0.4 is 5.32 Å². The minimum absolute atomic E-state index is 0.0631. The third-order valence-electron chi connectivity index (χ3n) is 9.43. The number of carboxylic acid groups (broad SMARTS) is 1. The molecular weight excluding hydrogens is 660 g/mol. The van der Waals surface area contributed by atoms with Crippen molar-refractivity contribution < 1.29 is 52.4 Å². The second kappa shape index (κ2) is 18.9. The van der Waals surface area contributed by atoms with Crippen molar-refractivity contribution in [2.45, 2.75) is 57.7 Å². The Morgan fingerprint density at radius 1 is 0.880 bits per heavy atom. The first-order valence-corrected chi connectivity index (χ1v) is 17.2. The zero-order chi connectivity index (χ0) is 36.2. The molecule has 14 nitrogen and oxygen atoms in total. The quantitative estimate of drug-likeness (QED) is 0.209. The van der Waals surface area contributed by atoms with E-state index in [1.165, 1.54) is 20.0 Å². The SMILES string of the molecule is CC(C(=O)NC(C(=O)N1CCN(C(=O)c2cc3cc(F)c(F)cc3n2CCOCCOCCOCCO)CC1)C1CCCCC1)N(C)C(=O)O. The van der Waals surface area contributed by atoms with E-state index in [1.54, 1.807) is 14.4 Å². The van der Waals surface area contributed by atoms with Crippen LogP contribution in [0.15, 0.2) is 18.2 Å². The van der Waals surface area contributed by atoms with Gasteiger partial charge in [0.25, 0.3) is 5.91 Å². The van der Waals surface area contributed by atoms with E-state index in [-0.39, 0.29) is 82.6 Å². The van der Waals surface area contributed by atoms with Gasteiger partial charge >= 0.3 is 6.09 Å². The molecule has 278 valence electrons. The highest BCUT2D eigenvalue weighted by atomic mass is 19.2. The molecular formula is C34H49F2N5O9. The van der Waals surface area contributed by atoms with Crippen LogP contribution in [0.25, 0.3) is 10.9 Å². The van der Waals surface area contributed by atoms with Gasteiger partial charge in [0, 0.05) is 51.2 Å². The lowest BCUT2D eigenvalue weighted by Gasteiger charge is -2.39. The Hall–Kier alpha value is -3.86. The number of likely N-dealkylation sites (N-methyl/N-ethyl adjacent to an activating group) is 1. The summed E-state index contributed by atoms with van der Waals surface area (Å²) in [5.41, 5.74) is 0.574. The Morgan fingerprint density at radius 2 is 1.46 bits per heavy atom. The molecule has 0 radical (unpaired) electrons. The second-order valence-corrected chi connectivity index (χ2v) is 12.6. The van der Waals surface area contributed by atoms with Gasteiger partial charge in [0.05, 0.1) is 51.8 Å². The predicted octanol–water partition coefficient (Wildman–Crippen LogP) is 2.31. The summed E-state index contributed by atoms with van der Waals surface area (Å²) in [6.45, 7) is 4.08. The minimum Gasteiger partial charge on any atom is -0.465 e. The number of piperazine rings is 1. The molecule has 16 heteroatoms. The fourth-order valence-electron chi connectivity index (χ4n) is 6.39. The van der Waals surface area contributed by atoms with Crippen molar-refractivity contribution in [3.05, 3.63) is 35.5 Å². The Kier molecular flexibility index (Phi) is 14.7. The number of carbonyl (C=O) groups is 4. The summed E-state index contributed by atoms with van der Waals surface area (Å²) in [6.07, 6.45) is 3.18. The number of nitrogens with one attached hydrogen (secondary N) is 1. The molecule has 2 aromatic rings. The maximum atomic E-state index is 14.3. The molecule has 50 heavy (non-hydrogen) atoms. The average Bonchev–Trinajstić information content (AvgIpc) is 3.46. The van der Waals surface area contributed by atoms with Gasteiger partial charge in [-0.3, -0.25) is 19.3 Å². The van der Waals surface area contributed by atoms with Gasteiger partial charge in [-0.15, -0.1) is 0 Å². The maximum absolute atomic E-state index is 14.3. The van der Waals surface area contributed by atoms with Gasteiger partial charge in [-0.05, 0) is 37.8 Å². The molecule has 2 heterocycles. The number of aliphatic hydroxyl groups excluding tert-OH is 1. The minimum atomic E-state index is -1.25. The number of carbonyl (C=O) groups excluding carboxylic acids is 3. The number of ether oxygens (including phenoxy) is 3. The number of nitrogens with zero attached hydrogens (tertiary/aromatic N) is 4. The summed E-state index contributed by atoms with van der Waals surface area (Å²) >= 11 is 0. The molecule has 1 saturated heterocycles. The first kappa shape index (κ1) is 38.9. The summed E-state index contributed by atoms with van der Waals surface area (Å²) in [4.78, 5) is 56.3. The number of hydrogen-bond acceptors (Lipinski definition) is 8. The molecule has 4 amide bonds. The van der Waals surface area contributed by atoms with Crippen molar-refractivity contribution in [1.29, 1.82) is 0 Å². The highest BCUT2D eigenvalue weighted by Gasteiger charge is 2.37. The van der Waals surface area contributed by atoms with Crippen molar-refractivity contribution in [2.75, 3.05) is 79.5 Å². The van der Waals surface area contributed by atoms with Crippen molar-refractivity contribution in [3.63, 3.8) is 0 Å². The van der Waals surface area contributed by atoms with Crippen LogP contribution in [0.5, 0.6) is 0 Å². The number of aliphatic hydroxyl groups is 1. The fourth-order valence-corrected chi connectivity index (χ4v) is 6.39. The van der Waals surface area contributed by atoms with E-state index in [9.17, 15) is 33.1 Å². The Morgan fingerprint density at radius 3 is 2.08 bits per heavy atom. The van der Waals surface area contributed by atoms with Crippen LogP contribution in [-0.4, -0.2) is 145 Å². The molecule has 2 unspecified atom stereocenters. The largest absolute Gasteiger partial charge is 0.465 e. The van der Waals surface area contributed by atoms with Crippen LogP contribution >= 0.6 is 0 Å². The van der Waals surface area contributed by atoms with Crippen LogP contribution in [0.3, 0.4) is 0 Å². The number of rotatable bonds is 17. The number of halogens is 2. The highest BCUT2D eigenvalue weighted by Crippen LogP contribution is 2.29. The first-order chi connectivity index (χ1) is 24.0. The van der Waals surface area contributed by atoms with Gasteiger partial charge in [-0.25, -0.2) is 13.6 Å². The molecule has 2 atom stereocenters. The van der Waals surface area contributed by atoms with Crippen molar-refractivity contribution in [2.24, 2.45) is 5.92 Å². The molecule has 0 bridgehead atoms. The third kappa shape index (κ3) is 10.1. The summed E-state index contributed by atoms with van der Waals surface area (Å²) in [5, 5.41) is 21.3. The molecule has 3 N–H and O–H groups in total. The molecule has 0 spiro atoms. The third-order valence-corrected chi connectivity index (χ3v) is 9.43. The zero-order valence-corrected chi connectivity index (χ0v) is 28.8. The topological polar surface area (TPSA) is 163 Å². The zero-order valence-electron chi connectivity index (χ0n) is 28.8. The smallest absolute Gasteiger partial charge is 0.407 e. The van der Waals surface area contributed by atoms with Gasteiger partial charge in [-0.1, -0.05) is 19.3 Å². The van der Waals surface area contributed by atoms with Gasteiger partial charge in [0.2, 0.25) is 11.8 Å². The van der Waals surface area contributed by atoms with Gasteiger partial charge in [-0.2, -0.15) is 0 Å². The van der Waals surface area contributed by atoms with E-state index >= 15 is 0 Å². The number of benzene rings is 1. The van der Waals surface area contributed by atoms with E-state index < -0.39 is 35.7 Å². The molecule has 4 rings (SSSR count). The van der Waals surface area contributed by atoms with Crippen molar-refractivity contribution >= 4 is 34.7 Å². The first-order valence-electron chi connectivity index (χ1n) is 17.2. The summed E-state index contributed by atoms with van der Waals surface area (Å²) in [5.74, 6) is -3.32. The highest BCUT2D eigenvalue weighted by molar-refractivity contribution is 5.99. The molecule has 1 aromatic heterocycles. The Labute approximate surface area is 290 Å². The van der Waals surface area contributed by atoms with Crippen molar-refractivity contribution in [1.82, 2.24) is 24.6 Å². The number of hydrogen-bond donors (Lipinski definition) is 3. The average molecular weight is 710 g/mol.